The Hall–Kier alpha value is -2.03. The van der Waals surface area contributed by atoms with Gasteiger partial charge in [-0.25, -0.2) is 4.39 Å². The predicted octanol–water partition coefficient (Wildman–Crippen LogP) is 3.71. The Balaban J connectivity index is 2.28. The van der Waals surface area contributed by atoms with E-state index >= 15 is 0 Å². The highest BCUT2D eigenvalue weighted by Crippen LogP contribution is 2.23. The molecule has 0 fully saturated rings. The lowest BCUT2D eigenvalue weighted by molar-refractivity contribution is 0.633. The molecular formula is C14H15FN2. The summed E-state index contributed by atoms with van der Waals surface area (Å²) in [6, 6.07) is 12.7. The van der Waals surface area contributed by atoms with Crippen LogP contribution < -0.4 is 11.1 Å². The van der Waals surface area contributed by atoms with Crippen molar-refractivity contribution in [2.45, 2.75) is 13.3 Å². The summed E-state index contributed by atoms with van der Waals surface area (Å²) in [5.41, 5.74) is 8.51. The van der Waals surface area contributed by atoms with Crippen molar-refractivity contribution in [1.29, 1.82) is 0 Å². The van der Waals surface area contributed by atoms with E-state index in [1.54, 1.807) is 12.1 Å². The van der Waals surface area contributed by atoms with Crippen molar-refractivity contribution in [2.24, 2.45) is 0 Å². The zero-order valence-corrected chi connectivity index (χ0v) is 9.70. The first-order valence-corrected chi connectivity index (χ1v) is 5.60. The van der Waals surface area contributed by atoms with Crippen LogP contribution in [-0.4, -0.2) is 0 Å². The van der Waals surface area contributed by atoms with Crippen LogP contribution in [-0.2, 0) is 6.42 Å². The van der Waals surface area contributed by atoms with Gasteiger partial charge in [0.2, 0.25) is 0 Å². The van der Waals surface area contributed by atoms with Crippen molar-refractivity contribution >= 4 is 17.1 Å². The highest BCUT2D eigenvalue weighted by atomic mass is 19.1. The van der Waals surface area contributed by atoms with Gasteiger partial charge >= 0.3 is 0 Å². The summed E-state index contributed by atoms with van der Waals surface area (Å²) in [7, 11) is 0. The fourth-order valence-electron chi connectivity index (χ4n) is 1.71. The third-order valence-corrected chi connectivity index (χ3v) is 2.68. The van der Waals surface area contributed by atoms with Gasteiger partial charge in [-0.1, -0.05) is 25.1 Å². The van der Waals surface area contributed by atoms with Crippen LogP contribution in [0.15, 0.2) is 42.5 Å². The van der Waals surface area contributed by atoms with Gasteiger partial charge in [0, 0.05) is 11.4 Å². The molecule has 0 radical (unpaired) electrons. The zero-order chi connectivity index (χ0) is 12.3. The monoisotopic (exact) mass is 230 g/mol. The number of nitrogens with one attached hydrogen (secondary N) is 1. The van der Waals surface area contributed by atoms with E-state index in [2.05, 4.69) is 18.3 Å². The average molecular weight is 230 g/mol. The highest BCUT2D eigenvalue weighted by Gasteiger charge is 2.02. The van der Waals surface area contributed by atoms with Crippen molar-refractivity contribution in [3.63, 3.8) is 0 Å². The summed E-state index contributed by atoms with van der Waals surface area (Å²) < 4.78 is 13.3. The first-order valence-electron chi connectivity index (χ1n) is 5.60. The van der Waals surface area contributed by atoms with Crippen LogP contribution in [0, 0.1) is 5.82 Å². The van der Waals surface area contributed by atoms with Gasteiger partial charge in [0.15, 0.2) is 0 Å². The van der Waals surface area contributed by atoms with E-state index in [1.807, 2.05) is 18.2 Å². The molecule has 2 aromatic carbocycles. The Labute approximate surface area is 100 Å². The molecule has 2 rings (SSSR count). The van der Waals surface area contributed by atoms with Crippen molar-refractivity contribution in [2.75, 3.05) is 11.1 Å². The summed E-state index contributed by atoms with van der Waals surface area (Å²) in [6.07, 6.45) is 0.931. The van der Waals surface area contributed by atoms with Crippen LogP contribution in [0.5, 0.6) is 0 Å². The maximum absolute atomic E-state index is 13.3. The molecule has 2 nitrogen and oxygen atoms in total. The molecule has 0 saturated carbocycles. The number of nitrogen functional groups attached to an aromatic ring is 1. The molecule has 0 atom stereocenters. The lowest BCUT2D eigenvalue weighted by Crippen LogP contribution is -1.97. The molecule has 0 amide bonds. The van der Waals surface area contributed by atoms with Crippen LogP contribution in [0.4, 0.5) is 21.5 Å². The first kappa shape index (κ1) is 11.5. The Bertz CT molecular complexity index is 523. The van der Waals surface area contributed by atoms with Gasteiger partial charge in [0.05, 0.1) is 5.69 Å². The molecule has 0 aliphatic rings. The molecule has 0 unspecified atom stereocenters. The fourth-order valence-corrected chi connectivity index (χ4v) is 1.71. The molecule has 0 heterocycles. The van der Waals surface area contributed by atoms with Gasteiger partial charge in [-0.3, -0.25) is 0 Å². The quantitative estimate of drug-likeness (QED) is 0.789. The number of hydrogen-bond donors (Lipinski definition) is 2. The van der Waals surface area contributed by atoms with Gasteiger partial charge in [-0.05, 0) is 36.2 Å². The number of para-hydroxylation sites is 1. The second-order valence-electron chi connectivity index (χ2n) is 3.87. The van der Waals surface area contributed by atoms with Crippen LogP contribution in [0.25, 0.3) is 0 Å². The molecule has 0 bridgehead atoms. The minimum Gasteiger partial charge on any atom is -0.396 e. The molecule has 3 heteroatoms. The van der Waals surface area contributed by atoms with Crippen molar-refractivity contribution in [3.8, 4) is 0 Å². The third-order valence-electron chi connectivity index (χ3n) is 2.68. The van der Waals surface area contributed by atoms with Gasteiger partial charge in [0.1, 0.15) is 5.82 Å². The summed E-state index contributed by atoms with van der Waals surface area (Å²) in [5.74, 6) is -0.399. The maximum atomic E-state index is 13.3. The van der Waals surface area contributed by atoms with E-state index in [0.29, 0.717) is 5.69 Å². The Morgan fingerprint density at radius 1 is 1.18 bits per heavy atom. The molecule has 0 aromatic heterocycles. The minimum atomic E-state index is -0.399. The Morgan fingerprint density at radius 3 is 2.65 bits per heavy atom. The van der Waals surface area contributed by atoms with E-state index in [1.165, 1.54) is 11.6 Å². The summed E-state index contributed by atoms with van der Waals surface area (Å²) >= 11 is 0. The number of benzene rings is 2. The largest absolute Gasteiger partial charge is 0.396 e. The summed E-state index contributed by atoms with van der Waals surface area (Å²) in [5, 5.41) is 3.20. The third kappa shape index (κ3) is 2.56. The lowest BCUT2D eigenvalue weighted by Gasteiger charge is -2.11. The molecule has 2 aromatic rings. The Kier molecular flexibility index (Phi) is 3.28. The van der Waals surface area contributed by atoms with E-state index < -0.39 is 5.82 Å². The molecule has 3 N–H and O–H groups in total. The molecule has 0 saturated heterocycles. The second-order valence-corrected chi connectivity index (χ2v) is 3.87. The summed E-state index contributed by atoms with van der Waals surface area (Å²) in [6.45, 7) is 2.09. The lowest BCUT2D eigenvalue weighted by atomic mass is 10.1. The van der Waals surface area contributed by atoms with Crippen molar-refractivity contribution < 1.29 is 4.39 Å². The topological polar surface area (TPSA) is 38.0 Å². The van der Waals surface area contributed by atoms with Gasteiger partial charge in [-0.15, -0.1) is 0 Å². The highest BCUT2D eigenvalue weighted by molar-refractivity contribution is 5.65. The van der Waals surface area contributed by atoms with Crippen LogP contribution in [0.2, 0.25) is 0 Å². The normalized spacial score (nSPS) is 10.2. The number of nitrogens with two attached hydrogens (primary N) is 1. The van der Waals surface area contributed by atoms with E-state index in [-0.39, 0.29) is 5.69 Å². The average Bonchev–Trinajstić information content (AvgIpc) is 2.34. The predicted molar refractivity (Wildman–Crippen MR) is 69.9 cm³/mol. The number of hydrogen-bond acceptors (Lipinski definition) is 2. The molecule has 17 heavy (non-hydrogen) atoms. The van der Waals surface area contributed by atoms with E-state index in [4.69, 9.17) is 5.73 Å². The molecule has 0 aliphatic carbocycles. The van der Waals surface area contributed by atoms with Gasteiger partial charge in [-0.2, -0.15) is 0 Å². The molecule has 88 valence electrons. The standard InChI is InChI=1S/C14H15FN2/c1-2-10-5-3-4-6-14(10)17-11-7-8-13(16)12(15)9-11/h3-9,17H,2,16H2,1H3. The fraction of sp³-hybridized carbons (Fsp3) is 0.143. The van der Waals surface area contributed by atoms with E-state index in [9.17, 15) is 4.39 Å². The number of anilines is 3. The van der Waals surface area contributed by atoms with Crippen molar-refractivity contribution in [1.82, 2.24) is 0 Å². The SMILES string of the molecule is CCc1ccccc1Nc1ccc(N)c(F)c1. The van der Waals surface area contributed by atoms with Crippen LogP contribution in [0.1, 0.15) is 12.5 Å². The Morgan fingerprint density at radius 2 is 1.94 bits per heavy atom. The minimum absolute atomic E-state index is 0.166. The maximum Gasteiger partial charge on any atom is 0.148 e. The molecular weight excluding hydrogens is 215 g/mol. The molecule has 0 spiro atoms. The second kappa shape index (κ2) is 4.87. The zero-order valence-electron chi connectivity index (χ0n) is 9.70. The van der Waals surface area contributed by atoms with Gasteiger partial charge < -0.3 is 11.1 Å². The number of rotatable bonds is 3. The number of halogens is 1. The van der Waals surface area contributed by atoms with Crippen LogP contribution >= 0.6 is 0 Å². The van der Waals surface area contributed by atoms with E-state index in [0.717, 1.165) is 12.1 Å². The van der Waals surface area contributed by atoms with Gasteiger partial charge in [0.25, 0.3) is 0 Å². The first-order chi connectivity index (χ1) is 8.20. The number of aryl methyl sites for hydroxylation is 1. The smallest absolute Gasteiger partial charge is 0.148 e. The molecule has 0 aliphatic heterocycles. The summed E-state index contributed by atoms with van der Waals surface area (Å²) in [4.78, 5) is 0. The van der Waals surface area contributed by atoms with Crippen LogP contribution in [0.3, 0.4) is 0 Å². The van der Waals surface area contributed by atoms with Crippen molar-refractivity contribution in [3.05, 3.63) is 53.8 Å².